The summed E-state index contributed by atoms with van der Waals surface area (Å²) in [6.45, 7) is 2.73. The predicted octanol–water partition coefficient (Wildman–Crippen LogP) is 3.07. The molecule has 5 nitrogen and oxygen atoms in total. The van der Waals surface area contributed by atoms with Gasteiger partial charge in [0.05, 0.1) is 6.61 Å². The van der Waals surface area contributed by atoms with E-state index in [-0.39, 0.29) is 12.7 Å². The van der Waals surface area contributed by atoms with Crippen LogP contribution in [0.4, 0.5) is 5.69 Å². The van der Waals surface area contributed by atoms with Crippen LogP contribution in [0, 0.1) is 0 Å². The lowest BCUT2D eigenvalue weighted by molar-refractivity contribution is 0.102. The molecule has 2 aromatic carbocycles. The maximum absolute atomic E-state index is 12.2. The SMILES string of the molecule is CCOc1ccc(NC(=O)c2ccc3c(c2)OCO3)cc1. The number of nitrogens with one attached hydrogen (secondary N) is 1. The molecular formula is C16H15NO4. The Bertz CT molecular complexity index is 652. The highest BCUT2D eigenvalue weighted by atomic mass is 16.7. The van der Waals surface area contributed by atoms with Crippen molar-refractivity contribution in [1.82, 2.24) is 0 Å². The Morgan fingerprint density at radius 2 is 1.90 bits per heavy atom. The number of hydrogen-bond acceptors (Lipinski definition) is 4. The van der Waals surface area contributed by atoms with Crippen LogP contribution in [0.1, 0.15) is 17.3 Å². The first-order valence-electron chi connectivity index (χ1n) is 6.70. The van der Waals surface area contributed by atoms with E-state index in [9.17, 15) is 4.79 Å². The third kappa shape index (κ3) is 2.91. The summed E-state index contributed by atoms with van der Waals surface area (Å²) in [7, 11) is 0. The molecule has 2 aromatic rings. The van der Waals surface area contributed by atoms with E-state index in [2.05, 4.69) is 5.32 Å². The number of carbonyl (C=O) groups excluding carboxylic acids is 1. The fraction of sp³-hybridized carbons (Fsp3) is 0.188. The van der Waals surface area contributed by atoms with Crippen LogP contribution in [0.2, 0.25) is 0 Å². The summed E-state index contributed by atoms with van der Waals surface area (Å²) in [6.07, 6.45) is 0. The summed E-state index contributed by atoms with van der Waals surface area (Å²) in [5.74, 6) is 1.83. The summed E-state index contributed by atoms with van der Waals surface area (Å²) in [5.41, 5.74) is 1.23. The fourth-order valence-electron chi connectivity index (χ4n) is 2.04. The zero-order chi connectivity index (χ0) is 14.7. The van der Waals surface area contributed by atoms with E-state index >= 15 is 0 Å². The molecule has 1 amide bonds. The number of rotatable bonds is 4. The maximum Gasteiger partial charge on any atom is 0.255 e. The lowest BCUT2D eigenvalue weighted by atomic mass is 10.2. The molecule has 0 radical (unpaired) electrons. The third-order valence-electron chi connectivity index (χ3n) is 3.06. The van der Waals surface area contributed by atoms with Crippen molar-refractivity contribution >= 4 is 11.6 Å². The molecule has 0 atom stereocenters. The van der Waals surface area contributed by atoms with Crippen LogP contribution in [0.25, 0.3) is 0 Å². The van der Waals surface area contributed by atoms with Gasteiger partial charge in [-0.05, 0) is 49.4 Å². The molecule has 3 rings (SSSR count). The quantitative estimate of drug-likeness (QED) is 0.938. The van der Waals surface area contributed by atoms with Crippen LogP contribution >= 0.6 is 0 Å². The molecule has 5 heteroatoms. The monoisotopic (exact) mass is 285 g/mol. The second-order valence-electron chi connectivity index (χ2n) is 4.48. The lowest BCUT2D eigenvalue weighted by Crippen LogP contribution is -2.11. The first-order chi connectivity index (χ1) is 10.3. The topological polar surface area (TPSA) is 56.8 Å². The van der Waals surface area contributed by atoms with E-state index in [1.807, 2.05) is 19.1 Å². The van der Waals surface area contributed by atoms with Crippen LogP contribution in [0.3, 0.4) is 0 Å². The van der Waals surface area contributed by atoms with Gasteiger partial charge in [-0.25, -0.2) is 0 Å². The van der Waals surface area contributed by atoms with Gasteiger partial charge >= 0.3 is 0 Å². The van der Waals surface area contributed by atoms with Gasteiger partial charge in [0.2, 0.25) is 6.79 Å². The summed E-state index contributed by atoms with van der Waals surface area (Å²) in [5, 5.41) is 2.83. The van der Waals surface area contributed by atoms with Crippen molar-refractivity contribution < 1.29 is 19.0 Å². The average Bonchev–Trinajstić information content (AvgIpc) is 2.97. The Kier molecular flexibility index (Phi) is 3.64. The van der Waals surface area contributed by atoms with Gasteiger partial charge in [0, 0.05) is 11.3 Å². The van der Waals surface area contributed by atoms with E-state index in [0.717, 1.165) is 5.75 Å². The molecule has 1 heterocycles. The van der Waals surface area contributed by atoms with Gasteiger partial charge in [0.15, 0.2) is 11.5 Å². The van der Waals surface area contributed by atoms with E-state index in [1.54, 1.807) is 30.3 Å². The minimum Gasteiger partial charge on any atom is -0.494 e. The largest absolute Gasteiger partial charge is 0.494 e. The minimum atomic E-state index is -0.197. The van der Waals surface area contributed by atoms with Crippen molar-refractivity contribution in [2.24, 2.45) is 0 Å². The van der Waals surface area contributed by atoms with Crippen LogP contribution in [0.5, 0.6) is 17.2 Å². The molecule has 1 aliphatic heterocycles. The second-order valence-corrected chi connectivity index (χ2v) is 4.48. The van der Waals surface area contributed by atoms with E-state index in [4.69, 9.17) is 14.2 Å². The molecule has 0 saturated carbocycles. The minimum absolute atomic E-state index is 0.194. The Labute approximate surface area is 122 Å². The second kappa shape index (κ2) is 5.75. The molecule has 0 unspecified atom stereocenters. The van der Waals surface area contributed by atoms with Crippen molar-refractivity contribution in [3.05, 3.63) is 48.0 Å². The van der Waals surface area contributed by atoms with Crippen LogP contribution < -0.4 is 19.5 Å². The molecule has 0 bridgehead atoms. The lowest BCUT2D eigenvalue weighted by Gasteiger charge is -2.07. The Morgan fingerprint density at radius 1 is 1.14 bits per heavy atom. The summed E-state index contributed by atoms with van der Waals surface area (Å²) in [6, 6.07) is 12.3. The molecule has 0 saturated heterocycles. The van der Waals surface area contributed by atoms with Gasteiger partial charge in [-0.3, -0.25) is 4.79 Å². The number of amides is 1. The maximum atomic E-state index is 12.2. The van der Waals surface area contributed by atoms with Gasteiger partial charge in [0.25, 0.3) is 5.91 Å². The Hall–Kier alpha value is -2.69. The number of hydrogen-bond donors (Lipinski definition) is 1. The van der Waals surface area contributed by atoms with Crippen LogP contribution in [0.15, 0.2) is 42.5 Å². The molecule has 0 spiro atoms. The van der Waals surface area contributed by atoms with Crippen LogP contribution in [-0.2, 0) is 0 Å². The van der Waals surface area contributed by atoms with Gasteiger partial charge in [0.1, 0.15) is 5.75 Å². The Balaban J connectivity index is 1.71. The molecule has 0 aliphatic carbocycles. The number of carbonyl (C=O) groups is 1. The van der Waals surface area contributed by atoms with E-state index in [1.165, 1.54) is 0 Å². The molecule has 1 aliphatic rings. The van der Waals surface area contributed by atoms with E-state index < -0.39 is 0 Å². The number of benzene rings is 2. The van der Waals surface area contributed by atoms with Crippen molar-refractivity contribution in [3.8, 4) is 17.2 Å². The smallest absolute Gasteiger partial charge is 0.255 e. The van der Waals surface area contributed by atoms with Crippen molar-refractivity contribution in [2.75, 3.05) is 18.7 Å². The zero-order valence-corrected chi connectivity index (χ0v) is 11.6. The molecule has 0 aromatic heterocycles. The summed E-state index contributed by atoms with van der Waals surface area (Å²) in [4.78, 5) is 12.2. The molecule has 0 fully saturated rings. The molecular weight excluding hydrogens is 270 g/mol. The third-order valence-corrected chi connectivity index (χ3v) is 3.06. The normalized spacial score (nSPS) is 12.0. The van der Waals surface area contributed by atoms with Gasteiger partial charge in [-0.1, -0.05) is 0 Å². The first kappa shape index (κ1) is 13.3. The summed E-state index contributed by atoms with van der Waals surface area (Å²) < 4.78 is 15.8. The van der Waals surface area contributed by atoms with Gasteiger partial charge in [-0.15, -0.1) is 0 Å². The highest BCUT2D eigenvalue weighted by Gasteiger charge is 2.16. The van der Waals surface area contributed by atoms with Gasteiger partial charge in [-0.2, -0.15) is 0 Å². The number of ether oxygens (including phenoxy) is 3. The fourth-order valence-corrected chi connectivity index (χ4v) is 2.04. The molecule has 1 N–H and O–H groups in total. The first-order valence-corrected chi connectivity index (χ1v) is 6.70. The van der Waals surface area contributed by atoms with Crippen LogP contribution in [-0.4, -0.2) is 19.3 Å². The van der Waals surface area contributed by atoms with Crippen molar-refractivity contribution in [2.45, 2.75) is 6.92 Å². The van der Waals surface area contributed by atoms with Crippen molar-refractivity contribution in [1.29, 1.82) is 0 Å². The highest BCUT2D eigenvalue weighted by molar-refractivity contribution is 6.04. The zero-order valence-electron chi connectivity index (χ0n) is 11.6. The Morgan fingerprint density at radius 3 is 2.67 bits per heavy atom. The average molecular weight is 285 g/mol. The van der Waals surface area contributed by atoms with E-state index in [0.29, 0.717) is 29.4 Å². The highest BCUT2D eigenvalue weighted by Crippen LogP contribution is 2.32. The molecule has 108 valence electrons. The predicted molar refractivity (Wildman–Crippen MR) is 78.1 cm³/mol. The number of fused-ring (bicyclic) bond motifs is 1. The standard InChI is InChI=1S/C16H15NO4/c1-2-19-13-6-4-12(5-7-13)17-16(18)11-3-8-14-15(9-11)21-10-20-14/h3-9H,2,10H2,1H3,(H,17,18). The van der Waals surface area contributed by atoms with Crippen molar-refractivity contribution in [3.63, 3.8) is 0 Å². The van der Waals surface area contributed by atoms with Gasteiger partial charge < -0.3 is 19.5 Å². The number of anilines is 1. The molecule has 21 heavy (non-hydrogen) atoms. The summed E-state index contributed by atoms with van der Waals surface area (Å²) >= 11 is 0.